The van der Waals surface area contributed by atoms with Crippen molar-refractivity contribution in [3.8, 4) is 5.88 Å². The molecule has 1 fully saturated rings. The zero-order valence-electron chi connectivity index (χ0n) is 18.1. The highest BCUT2D eigenvalue weighted by Crippen LogP contribution is 2.39. The smallest absolute Gasteiger partial charge is 0.304 e. The number of oxime groups is 1. The lowest BCUT2D eigenvalue weighted by Gasteiger charge is -2.32. The van der Waals surface area contributed by atoms with Gasteiger partial charge in [-0.2, -0.15) is 0 Å². The number of thiophene rings is 1. The second-order valence-electron chi connectivity index (χ2n) is 7.70. The molecule has 3 aromatic rings. The first-order chi connectivity index (χ1) is 15.5. The number of aromatic hydroxyl groups is 1. The zero-order valence-corrected chi connectivity index (χ0v) is 19.0. The average molecular weight is 455 g/mol. The number of likely N-dealkylation sites (N-methyl/N-ethyl adjacent to an activating group) is 1. The fourth-order valence-corrected chi connectivity index (χ4v) is 4.22. The van der Waals surface area contributed by atoms with E-state index in [1.165, 1.54) is 0 Å². The number of aromatic nitrogens is 1. The first-order valence-electron chi connectivity index (χ1n) is 10.4. The largest absolute Gasteiger partial charge is 0.493 e. The van der Waals surface area contributed by atoms with Crippen molar-refractivity contribution in [2.45, 2.75) is 13.6 Å². The highest BCUT2D eigenvalue weighted by atomic mass is 32.1. The topological polar surface area (TPSA) is 95.0 Å². The van der Waals surface area contributed by atoms with Crippen molar-refractivity contribution >= 4 is 39.5 Å². The van der Waals surface area contributed by atoms with Crippen LogP contribution in [0.15, 0.2) is 57.2 Å². The number of hydrogen-bond acceptors (Lipinski definition) is 8. The summed E-state index contributed by atoms with van der Waals surface area (Å²) in [6, 6.07) is 11.4. The number of carbonyl (C=O) groups is 1. The summed E-state index contributed by atoms with van der Waals surface area (Å²) in [5, 5.41) is 25.3. The van der Waals surface area contributed by atoms with Crippen LogP contribution in [0.2, 0.25) is 0 Å². The van der Waals surface area contributed by atoms with Gasteiger partial charge in [-0.3, -0.25) is 14.3 Å². The molecule has 10 heteroatoms. The van der Waals surface area contributed by atoms with Crippen LogP contribution in [0.4, 0.5) is 5.69 Å². The van der Waals surface area contributed by atoms with E-state index in [-0.39, 0.29) is 18.2 Å². The van der Waals surface area contributed by atoms with Gasteiger partial charge in [0.15, 0.2) is 12.3 Å². The maximum Gasteiger partial charge on any atom is 0.304 e. The van der Waals surface area contributed by atoms with E-state index in [0.717, 1.165) is 42.0 Å². The second kappa shape index (κ2) is 10.0. The van der Waals surface area contributed by atoms with Crippen LogP contribution in [0.25, 0.3) is 10.9 Å². The lowest BCUT2D eigenvalue weighted by atomic mass is 10.2. The molecular formula is C22H26N6O3S. The van der Waals surface area contributed by atoms with E-state index in [1.54, 1.807) is 11.3 Å². The number of fused-ring (bicyclic) bond motifs is 1. The van der Waals surface area contributed by atoms with Gasteiger partial charge in [0.1, 0.15) is 0 Å². The van der Waals surface area contributed by atoms with E-state index < -0.39 is 5.91 Å². The van der Waals surface area contributed by atoms with Crippen LogP contribution in [0.1, 0.15) is 11.8 Å². The Morgan fingerprint density at radius 2 is 1.94 bits per heavy atom. The van der Waals surface area contributed by atoms with Gasteiger partial charge in [-0.05, 0) is 31.5 Å². The predicted octanol–water partition coefficient (Wildman–Crippen LogP) is 3.66. The van der Waals surface area contributed by atoms with Crippen LogP contribution < -0.4 is 0 Å². The lowest BCUT2D eigenvalue weighted by Crippen LogP contribution is -2.44. The lowest BCUT2D eigenvalue weighted by molar-refractivity contribution is -0.122. The maximum absolute atomic E-state index is 12.1. The zero-order chi connectivity index (χ0) is 22.5. The van der Waals surface area contributed by atoms with Crippen molar-refractivity contribution in [3.63, 3.8) is 0 Å². The third-order valence-corrected chi connectivity index (χ3v) is 6.36. The molecule has 32 heavy (non-hydrogen) atoms. The third kappa shape index (κ3) is 5.04. The number of piperazine rings is 1. The molecule has 0 unspecified atom stereocenters. The van der Waals surface area contributed by atoms with Crippen LogP contribution >= 0.6 is 11.3 Å². The van der Waals surface area contributed by atoms with Crippen molar-refractivity contribution in [1.82, 2.24) is 14.4 Å². The van der Waals surface area contributed by atoms with E-state index in [4.69, 9.17) is 4.84 Å². The SMILES string of the molecule is C/C(=N/OCC(=O)N=Nc1c(O)n(CN2CCN(C)CC2)c2ccccc12)c1cccs1. The summed E-state index contributed by atoms with van der Waals surface area (Å²) in [6.45, 7) is 5.83. The molecule has 0 spiro atoms. The minimum absolute atomic E-state index is 0.00541. The molecule has 0 radical (unpaired) electrons. The molecule has 2 aromatic heterocycles. The van der Waals surface area contributed by atoms with Gasteiger partial charge in [0.05, 0.1) is 22.8 Å². The Kier molecular flexibility index (Phi) is 6.93. The number of amides is 1. The van der Waals surface area contributed by atoms with Crippen molar-refractivity contribution < 1.29 is 14.7 Å². The highest BCUT2D eigenvalue weighted by Gasteiger charge is 2.20. The summed E-state index contributed by atoms with van der Waals surface area (Å²) in [5.74, 6) is -0.586. The summed E-state index contributed by atoms with van der Waals surface area (Å²) in [4.78, 5) is 22.8. The Balaban J connectivity index is 1.46. The average Bonchev–Trinajstić information content (AvgIpc) is 3.42. The van der Waals surface area contributed by atoms with Gasteiger partial charge in [0.2, 0.25) is 5.88 Å². The van der Waals surface area contributed by atoms with E-state index in [2.05, 4.69) is 32.2 Å². The van der Waals surface area contributed by atoms with Gasteiger partial charge in [-0.1, -0.05) is 29.4 Å². The molecule has 168 valence electrons. The Morgan fingerprint density at radius 3 is 2.69 bits per heavy atom. The molecule has 1 aliphatic heterocycles. The highest BCUT2D eigenvalue weighted by molar-refractivity contribution is 7.12. The summed E-state index contributed by atoms with van der Waals surface area (Å²) in [6.07, 6.45) is 0. The van der Waals surface area contributed by atoms with Crippen LogP contribution in [-0.4, -0.2) is 70.9 Å². The molecule has 0 aliphatic carbocycles. The number of para-hydroxylation sites is 1. The Labute approximate surface area is 190 Å². The molecule has 0 bridgehead atoms. The van der Waals surface area contributed by atoms with Gasteiger partial charge >= 0.3 is 5.91 Å². The second-order valence-corrected chi connectivity index (χ2v) is 8.65. The third-order valence-electron chi connectivity index (χ3n) is 5.38. The summed E-state index contributed by atoms with van der Waals surface area (Å²) < 4.78 is 1.81. The molecule has 1 saturated heterocycles. The van der Waals surface area contributed by atoms with Crippen molar-refractivity contribution in [2.75, 3.05) is 39.8 Å². The molecule has 4 rings (SSSR count). The summed E-state index contributed by atoms with van der Waals surface area (Å²) in [5.41, 5.74) is 1.81. The maximum atomic E-state index is 12.1. The minimum Gasteiger partial charge on any atom is -0.493 e. The molecule has 9 nitrogen and oxygen atoms in total. The quantitative estimate of drug-likeness (QED) is 0.334. The molecule has 1 aliphatic rings. The Morgan fingerprint density at radius 1 is 1.16 bits per heavy atom. The number of azo groups is 1. The van der Waals surface area contributed by atoms with Gasteiger partial charge < -0.3 is 14.8 Å². The normalized spacial score (nSPS) is 16.2. The van der Waals surface area contributed by atoms with Crippen molar-refractivity contribution in [2.24, 2.45) is 15.4 Å². The van der Waals surface area contributed by atoms with Crippen LogP contribution in [0, 0.1) is 0 Å². The monoisotopic (exact) mass is 454 g/mol. The van der Waals surface area contributed by atoms with E-state index >= 15 is 0 Å². The minimum atomic E-state index is -0.581. The van der Waals surface area contributed by atoms with Crippen molar-refractivity contribution in [3.05, 3.63) is 46.7 Å². The fraction of sp³-hybridized carbons (Fsp3) is 0.364. The number of rotatable bonds is 7. The van der Waals surface area contributed by atoms with Crippen molar-refractivity contribution in [1.29, 1.82) is 0 Å². The standard InChI is InChI=1S/C22H26N6O3S/c1-16(19-8-5-13-32-19)25-31-14-20(29)23-24-21-17-6-3-4-7-18(17)28(22(21)30)15-27-11-9-26(2)10-12-27/h3-8,13,30H,9-12,14-15H2,1-2H3/b24-23?,25-16-. The molecule has 3 heterocycles. The first kappa shape index (κ1) is 22.1. The fourth-order valence-electron chi connectivity index (χ4n) is 3.55. The molecule has 1 aromatic carbocycles. The number of hydrogen-bond donors (Lipinski definition) is 1. The summed E-state index contributed by atoms with van der Waals surface area (Å²) in [7, 11) is 2.11. The van der Waals surface area contributed by atoms with Crippen LogP contribution in [-0.2, 0) is 16.3 Å². The van der Waals surface area contributed by atoms with Gasteiger partial charge in [-0.15, -0.1) is 21.6 Å². The summed E-state index contributed by atoms with van der Waals surface area (Å²) >= 11 is 1.54. The van der Waals surface area contributed by atoms with E-state index in [0.29, 0.717) is 12.4 Å². The molecule has 0 saturated carbocycles. The molecule has 1 amide bonds. The first-order valence-corrected chi connectivity index (χ1v) is 11.3. The number of carbonyl (C=O) groups excluding carboxylic acids is 1. The van der Waals surface area contributed by atoms with E-state index in [9.17, 15) is 9.90 Å². The Hall–Kier alpha value is -3.08. The number of benzene rings is 1. The number of nitrogens with zero attached hydrogens (tertiary/aromatic N) is 6. The van der Waals surface area contributed by atoms with Gasteiger partial charge in [-0.25, -0.2) is 0 Å². The predicted molar refractivity (Wildman–Crippen MR) is 125 cm³/mol. The van der Waals surface area contributed by atoms with E-state index in [1.807, 2.05) is 53.3 Å². The van der Waals surface area contributed by atoms with Gasteiger partial charge in [0.25, 0.3) is 0 Å². The van der Waals surface area contributed by atoms with Crippen LogP contribution in [0.3, 0.4) is 0 Å². The van der Waals surface area contributed by atoms with Gasteiger partial charge in [0, 0.05) is 31.6 Å². The Bertz CT molecular complexity index is 1130. The van der Waals surface area contributed by atoms with Crippen LogP contribution in [0.5, 0.6) is 5.88 Å². The molecule has 1 N–H and O–H groups in total. The molecule has 0 atom stereocenters. The molecular weight excluding hydrogens is 428 g/mol.